The molecular formula is C26H15BN4O2. The standard InChI is InChI=1S/C26H15BN4O2/c1-2-24-26-25(3-1)33-23-7-5-17(21-9-11-29-15-31-21)13-19(23)27(26)18-12-16(4-6-22(18)32-24)20-8-10-28-14-30-20/h1-15H. The van der Waals surface area contributed by atoms with Crippen molar-refractivity contribution in [2.75, 3.05) is 0 Å². The lowest BCUT2D eigenvalue weighted by Gasteiger charge is -2.33. The highest BCUT2D eigenvalue weighted by Gasteiger charge is 2.40. The first kappa shape index (κ1) is 18.1. The van der Waals surface area contributed by atoms with Gasteiger partial charge in [0.05, 0.1) is 11.4 Å². The Morgan fingerprint density at radius 3 is 1.61 bits per heavy atom. The van der Waals surface area contributed by atoms with Gasteiger partial charge in [-0.2, -0.15) is 0 Å². The van der Waals surface area contributed by atoms with Crippen molar-refractivity contribution in [2.45, 2.75) is 0 Å². The maximum absolute atomic E-state index is 6.31. The lowest BCUT2D eigenvalue weighted by atomic mass is 9.34. The quantitative estimate of drug-likeness (QED) is 0.395. The van der Waals surface area contributed by atoms with E-state index in [1.54, 1.807) is 25.0 Å². The molecule has 6 nitrogen and oxygen atoms in total. The molecule has 0 atom stereocenters. The van der Waals surface area contributed by atoms with E-state index in [0.29, 0.717) is 0 Å². The molecule has 0 radical (unpaired) electrons. The zero-order chi connectivity index (χ0) is 21.8. The Labute approximate surface area is 190 Å². The number of hydrogen-bond donors (Lipinski definition) is 0. The van der Waals surface area contributed by atoms with E-state index < -0.39 is 0 Å². The smallest absolute Gasteiger partial charge is 0.260 e. The summed E-state index contributed by atoms with van der Waals surface area (Å²) in [7, 11) is 0. The van der Waals surface area contributed by atoms with Crippen LogP contribution in [-0.2, 0) is 0 Å². The van der Waals surface area contributed by atoms with Gasteiger partial charge in [0, 0.05) is 17.9 Å². The average Bonchev–Trinajstić information content (AvgIpc) is 2.89. The molecule has 2 aliphatic rings. The molecule has 0 spiro atoms. The van der Waals surface area contributed by atoms with Crippen molar-refractivity contribution >= 4 is 23.1 Å². The van der Waals surface area contributed by atoms with Crippen LogP contribution in [0, 0.1) is 0 Å². The minimum absolute atomic E-state index is 0.0349. The molecule has 5 aromatic rings. The summed E-state index contributed by atoms with van der Waals surface area (Å²) in [6.07, 6.45) is 6.64. The molecular weight excluding hydrogens is 411 g/mol. The van der Waals surface area contributed by atoms with E-state index in [2.05, 4.69) is 32.1 Å². The van der Waals surface area contributed by atoms with E-state index in [1.165, 1.54) is 0 Å². The van der Waals surface area contributed by atoms with Crippen LogP contribution in [0.2, 0.25) is 0 Å². The summed E-state index contributed by atoms with van der Waals surface area (Å²) in [5.74, 6) is 3.31. The molecule has 2 aromatic heterocycles. The lowest BCUT2D eigenvalue weighted by Crippen LogP contribution is -2.57. The Balaban J connectivity index is 1.46. The van der Waals surface area contributed by atoms with E-state index in [0.717, 1.165) is 61.9 Å². The fourth-order valence-electron chi connectivity index (χ4n) is 4.68. The first-order valence-electron chi connectivity index (χ1n) is 10.6. The maximum atomic E-state index is 6.31. The van der Waals surface area contributed by atoms with Crippen LogP contribution < -0.4 is 25.9 Å². The van der Waals surface area contributed by atoms with Gasteiger partial charge in [0.15, 0.2) is 0 Å². The van der Waals surface area contributed by atoms with Crippen molar-refractivity contribution in [2.24, 2.45) is 0 Å². The Kier molecular flexibility index (Phi) is 3.84. The molecule has 154 valence electrons. The highest BCUT2D eigenvalue weighted by Crippen LogP contribution is 2.35. The SMILES string of the molecule is c1cc2c3c(c1)Oc1ccc(-c4ccncn4)cc1B3c1cc(-c3ccncn3)ccc1O2. The van der Waals surface area contributed by atoms with Gasteiger partial charge in [0.1, 0.15) is 35.7 Å². The average molecular weight is 426 g/mol. The van der Waals surface area contributed by atoms with Gasteiger partial charge in [-0.25, -0.2) is 19.9 Å². The summed E-state index contributed by atoms with van der Waals surface area (Å²) >= 11 is 0. The molecule has 2 aliphatic heterocycles. The van der Waals surface area contributed by atoms with Crippen LogP contribution in [0.15, 0.2) is 91.8 Å². The highest BCUT2D eigenvalue weighted by molar-refractivity contribution is 6.98. The molecule has 0 bridgehead atoms. The number of benzene rings is 3. The summed E-state index contributed by atoms with van der Waals surface area (Å²) in [5.41, 5.74) is 6.97. The molecule has 7 heteroatoms. The topological polar surface area (TPSA) is 70.0 Å². The van der Waals surface area contributed by atoms with Crippen molar-refractivity contribution in [1.29, 1.82) is 0 Å². The third kappa shape index (κ3) is 2.83. The Hall–Kier alpha value is -4.52. The minimum Gasteiger partial charge on any atom is -0.458 e. The Morgan fingerprint density at radius 1 is 0.576 bits per heavy atom. The second kappa shape index (κ2) is 7.00. The molecule has 3 aromatic carbocycles. The number of rotatable bonds is 2. The zero-order valence-electron chi connectivity index (χ0n) is 17.3. The molecule has 4 heterocycles. The van der Waals surface area contributed by atoms with Gasteiger partial charge in [-0.05, 0) is 70.6 Å². The molecule has 0 aliphatic carbocycles. The van der Waals surface area contributed by atoms with Gasteiger partial charge in [0.2, 0.25) is 0 Å². The third-order valence-corrected chi connectivity index (χ3v) is 6.15. The van der Waals surface area contributed by atoms with Crippen molar-refractivity contribution in [3.8, 4) is 45.5 Å². The summed E-state index contributed by atoms with van der Waals surface area (Å²) in [4.78, 5) is 17.0. The van der Waals surface area contributed by atoms with Crippen molar-refractivity contribution in [1.82, 2.24) is 19.9 Å². The molecule has 7 rings (SSSR count). The molecule has 0 saturated heterocycles. The van der Waals surface area contributed by atoms with Gasteiger partial charge in [-0.15, -0.1) is 0 Å². The number of aromatic nitrogens is 4. The van der Waals surface area contributed by atoms with Crippen LogP contribution >= 0.6 is 0 Å². The van der Waals surface area contributed by atoms with Gasteiger partial charge in [-0.1, -0.05) is 18.2 Å². The van der Waals surface area contributed by atoms with Crippen LogP contribution in [0.1, 0.15) is 0 Å². The molecule has 0 amide bonds. The maximum Gasteiger partial charge on any atom is 0.260 e. The largest absolute Gasteiger partial charge is 0.458 e. The highest BCUT2D eigenvalue weighted by atomic mass is 16.5. The predicted octanol–water partition coefficient (Wildman–Crippen LogP) is 3.33. The molecule has 0 N–H and O–H groups in total. The normalized spacial score (nSPS) is 12.7. The van der Waals surface area contributed by atoms with Crippen molar-refractivity contribution in [3.63, 3.8) is 0 Å². The minimum atomic E-state index is -0.0349. The lowest BCUT2D eigenvalue weighted by molar-refractivity contribution is 0.464. The van der Waals surface area contributed by atoms with Crippen LogP contribution in [-0.4, -0.2) is 26.6 Å². The number of fused-ring (bicyclic) bond motifs is 4. The molecule has 0 fully saturated rings. The van der Waals surface area contributed by atoms with E-state index in [4.69, 9.17) is 9.47 Å². The molecule has 0 saturated carbocycles. The first-order chi connectivity index (χ1) is 16.3. The summed E-state index contributed by atoms with van der Waals surface area (Å²) in [5, 5.41) is 0. The number of nitrogens with zero attached hydrogens (tertiary/aromatic N) is 4. The van der Waals surface area contributed by atoms with E-state index in [-0.39, 0.29) is 6.71 Å². The summed E-state index contributed by atoms with van der Waals surface area (Å²) < 4.78 is 12.6. The van der Waals surface area contributed by atoms with Crippen molar-refractivity contribution in [3.05, 3.63) is 91.8 Å². The second-order valence-corrected chi connectivity index (χ2v) is 8.00. The van der Waals surface area contributed by atoms with Crippen LogP contribution in [0.4, 0.5) is 0 Å². The number of ether oxygens (including phenoxy) is 2. The summed E-state index contributed by atoms with van der Waals surface area (Å²) in [6.45, 7) is -0.0349. The van der Waals surface area contributed by atoms with Crippen molar-refractivity contribution < 1.29 is 9.47 Å². The third-order valence-electron chi connectivity index (χ3n) is 6.15. The fraction of sp³-hybridized carbons (Fsp3) is 0. The van der Waals surface area contributed by atoms with Gasteiger partial charge < -0.3 is 9.47 Å². The van der Waals surface area contributed by atoms with Crippen LogP contribution in [0.5, 0.6) is 23.0 Å². The molecule has 33 heavy (non-hydrogen) atoms. The molecule has 0 unspecified atom stereocenters. The van der Waals surface area contributed by atoms with Gasteiger partial charge >= 0.3 is 0 Å². The van der Waals surface area contributed by atoms with Gasteiger partial charge in [0.25, 0.3) is 6.71 Å². The van der Waals surface area contributed by atoms with Crippen LogP contribution in [0.3, 0.4) is 0 Å². The second-order valence-electron chi connectivity index (χ2n) is 8.00. The Morgan fingerprint density at radius 2 is 1.12 bits per heavy atom. The zero-order valence-corrected chi connectivity index (χ0v) is 17.3. The number of hydrogen-bond acceptors (Lipinski definition) is 6. The predicted molar refractivity (Wildman–Crippen MR) is 126 cm³/mol. The Bertz CT molecular complexity index is 1420. The fourth-order valence-corrected chi connectivity index (χ4v) is 4.68. The first-order valence-corrected chi connectivity index (χ1v) is 10.6. The monoisotopic (exact) mass is 426 g/mol. The van der Waals surface area contributed by atoms with Gasteiger partial charge in [-0.3, -0.25) is 0 Å². The van der Waals surface area contributed by atoms with E-state index in [9.17, 15) is 0 Å². The van der Waals surface area contributed by atoms with Crippen LogP contribution in [0.25, 0.3) is 22.5 Å². The van der Waals surface area contributed by atoms with E-state index in [1.807, 2.05) is 54.6 Å². The van der Waals surface area contributed by atoms with E-state index >= 15 is 0 Å². The summed E-state index contributed by atoms with van der Waals surface area (Å²) in [6, 6.07) is 22.2.